The number of ketones is 1. The van der Waals surface area contributed by atoms with Crippen LogP contribution in [0.5, 0.6) is 5.75 Å². The average Bonchev–Trinajstić information content (AvgIpc) is 2.71. The Balaban J connectivity index is 2.19. The Bertz CT molecular complexity index is 528. The van der Waals surface area contributed by atoms with Crippen LogP contribution in [0, 0.1) is 0 Å². The largest absolute Gasteiger partial charge is 0.497 e. The number of Topliss-reactive ketones (excluding diaryl/α,β-unsaturated/α-hetero) is 1. The summed E-state index contributed by atoms with van der Waals surface area (Å²) in [6.07, 6.45) is 4.49. The molecular formula is C14H17NO2. The van der Waals surface area contributed by atoms with Crippen LogP contribution in [0.3, 0.4) is 0 Å². The number of hydrogen-bond acceptors (Lipinski definition) is 2. The van der Waals surface area contributed by atoms with Crippen LogP contribution >= 0.6 is 0 Å². The summed E-state index contributed by atoms with van der Waals surface area (Å²) >= 11 is 0. The maximum atomic E-state index is 10.9. The molecule has 2 rings (SSSR count). The number of ether oxygens (including phenoxy) is 1. The maximum absolute atomic E-state index is 10.9. The third kappa shape index (κ3) is 2.67. The van der Waals surface area contributed by atoms with Gasteiger partial charge in [-0.15, -0.1) is 0 Å². The minimum Gasteiger partial charge on any atom is -0.497 e. The summed E-state index contributed by atoms with van der Waals surface area (Å²) in [6.45, 7) is 1.64. The van der Waals surface area contributed by atoms with Crippen molar-refractivity contribution >= 4 is 16.7 Å². The predicted octanol–water partition coefficient (Wildman–Crippen LogP) is 3.09. The van der Waals surface area contributed by atoms with E-state index in [9.17, 15) is 4.79 Å². The van der Waals surface area contributed by atoms with Crippen molar-refractivity contribution in [1.82, 2.24) is 4.98 Å². The van der Waals surface area contributed by atoms with Crippen LogP contribution in [0.4, 0.5) is 0 Å². The Hall–Kier alpha value is -1.77. The molecule has 1 N–H and O–H groups in total. The minimum absolute atomic E-state index is 0.252. The van der Waals surface area contributed by atoms with Gasteiger partial charge in [0.25, 0.3) is 0 Å². The first-order chi connectivity index (χ1) is 8.20. The highest BCUT2D eigenvalue weighted by Gasteiger charge is 2.05. The number of H-pyrrole nitrogens is 1. The highest BCUT2D eigenvalue weighted by molar-refractivity contribution is 5.84. The zero-order chi connectivity index (χ0) is 12.3. The molecule has 0 saturated heterocycles. The van der Waals surface area contributed by atoms with Gasteiger partial charge in [0, 0.05) is 23.5 Å². The van der Waals surface area contributed by atoms with Crippen LogP contribution in [0.25, 0.3) is 10.9 Å². The predicted molar refractivity (Wildman–Crippen MR) is 68.5 cm³/mol. The molecule has 2 aromatic rings. The minimum atomic E-state index is 0.252. The molecule has 0 saturated carbocycles. The first kappa shape index (κ1) is 11.7. The van der Waals surface area contributed by atoms with Crippen LogP contribution in [-0.4, -0.2) is 17.9 Å². The van der Waals surface area contributed by atoms with Crippen LogP contribution in [0.1, 0.15) is 25.3 Å². The van der Waals surface area contributed by atoms with Crippen LogP contribution in [0.15, 0.2) is 24.4 Å². The smallest absolute Gasteiger partial charge is 0.129 e. The van der Waals surface area contributed by atoms with Crippen molar-refractivity contribution in [3.05, 3.63) is 30.0 Å². The van der Waals surface area contributed by atoms with Gasteiger partial charge >= 0.3 is 0 Å². The normalized spacial score (nSPS) is 10.7. The van der Waals surface area contributed by atoms with Gasteiger partial charge in [0.05, 0.1) is 7.11 Å². The average molecular weight is 231 g/mol. The molecule has 90 valence electrons. The van der Waals surface area contributed by atoms with Crippen molar-refractivity contribution in [3.63, 3.8) is 0 Å². The van der Waals surface area contributed by atoms with E-state index >= 15 is 0 Å². The lowest BCUT2D eigenvalue weighted by atomic mass is 10.1. The quantitative estimate of drug-likeness (QED) is 0.859. The molecule has 3 nitrogen and oxygen atoms in total. The molecule has 0 unspecified atom stereocenters. The molecule has 17 heavy (non-hydrogen) atoms. The second kappa shape index (κ2) is 5.04. The third-order valence-corrected chi connectivity index (χ3v) is 2.95. The number of aromatic nitrogens is 1. The number of carbonyl (C=O) groups is 1. The van der Waals surface area contributed by atoms with Crippen LogP contribution in [-0.2, 0) is 11.2 Å². The van der Waals surface area contributed by atoms with Gasteiger partial charge in [0.2, 0.25) is 0 Å². The highest BCUT2D eigenvalue weighted by Crippen LogP contribution is 2.24. The summed E-state index contributed by atoms with van der Waals surface area (Å²) < 4.78 is 5.22. The number of carbonyl (C=O) groups excluding carboxylic acids is 1. The van der Waals surface area contributed by atoms with Gasteiger partial charge < -0.3 is 14.5 Å². The van der Waals surface area contributed by atoms with Crippen molar-refractivity contribution in [1.29, 1.82) is 0 Å². The number of hydrogen-bond donors (Lipinski definition) is 1. The zero-order valence-electron chi connectivity index (χ0n) is 10.2. The molecule has 0 aliphatic heterocycles. The lowest BCUT2D eigenvalue weighted by molar-refractivity contribution is -0.117. The van der Waals surface area contributed by atoms with Crippen LogP contribution < -0.4 is 4.74 Å². The number of methoxy groups -OCH3 is 1. The van der Waals surface area contributed by atoms with E-state index in [4.69, 9.17) is 4.74 Å². The molecular weight excluding hydrogens is 214 g/mol. The fourth-order valence-corrected chi connectivity index (χ4v) is 2.02. The molecule has 3 heteroatoms. The molecule has 1 aromatic carbocycles. The Kier molecular flexibility index (Phi) is 3.47. The van der Waals surface area contributed by atoms with Crippen molar-refractivity contribution in [3.8, 4) is 5.75 Å². The van der Waals surface area contributed by atoms with Crippen molar-refractivity contribution in [2.45, 2.75) is 26.2 Å². The van der Waals surface area contributed by atoms with Gasteiger partial charge in [-0.05, 0) is 43.5 Å². The second-order valence-corrected chi connectivity index (χ2v) is 4.28. The molecule has 1 aromatic heterocycles. The fraction of sp³-hybridized carbons (Fsp3) is 0.357. The van der Waals surface area contributed by atoms with E-state index in [1.807, 2.05) is 24.4 Å². The molecule has 0 aliphatic carbocycles. The van der Waals surface area contributed by atoms with Gasteiger partial charge in [-0.3, -0.25) is 0 Å². The van der Waals surface area contributed by atoms with E-state index < -0.39 is 0 Å². The molecule has 0 amide bonds. The lowest BCUT2D eigenvalue weighted by Gasteiger charge is -2.01. The van der Waals surface area contributed by atoms with Crippen molar-refractivity contribution in [2.24, 2.45) is 0 Å². The monoisotopic (exact) mass is 231 g/mol. The lowest BCUT2D eigenvalue weighted by Crippen LogP contribution is -1.92. The molecule has 0 bridgehead atoms. The van der Waals surface area contributed by atoms with Gasteiger partial charge in [-0.2, -0.15) is 0 Å². The Labute approximate surface area is 101 Å². The zero-order valence-corrected chi connectivity index (χ0v) is 10.2. The summed E-state index contributed by atoms with van der Waals surface area (Å²) in [5.74, 6) is 1.12. The van der Waals surface area contributed by atoms with E-state index in [1.165, 1.54) is 10.9 Å². The Morgan fingerprint density at radius 3 is 2.94 bits per heavy atom. The first-order valence-corrected chi connectivity index (χ1v) is 5.84. The second-order valence-electron chi connectivity index (χ2n) is 4.28. The molecule has 0 spiro atoms. The summed E-state index contributed by atoms with van der Waals surface area (Å²) in [4.78, 5) is 14.1. The Morgan fingerprint density at radius 1 is 1.41 bits per heavy atom. The SMILES string of the molecule is COc1ccc2[nH]cc(CCCC(C)=O)c2c1. The van der Waals surface area contributed by atoms with E-state index in [1.54, 1.807) is 14.0 Å². The number of benzene rings is 1. The van der Waals surface area contributed by atoms with Crippen LogP contribution in [0.2, 0.25) is 0 Å². The van der Waals surface area contributed by atoms with Crippen molar-refractivity contribution in [2.75, 3.05) is 7.11 Å². The third-order valence-electron chi connectivity index (χ3n) is 2.95. The van der Waals surface area contributed by atoms with Gasteiger partial charge in [-0.1, -0.05) is 0 Å². The standard InChI is InChI=1S/C14H17NO2/c1-10(16)4-3-5-11-9-15-14-7-6-12(17-2)8-13(11)14/h6-9,15H,3-5H2,1-2H3. The van der Waals surface area contributed by atoms with Gasteiger partial charge in [0.1, 0.15) is 11.5 Å². The van der Waals surface area contributed by atoms with E-state index in [0.717, 1.165) is 24.1 Å². The number of rotatable bonds is 5. The molecule has 0 aliphatic rings. The van der Waals surface area contributed by atoms with E-state index in [2.05, 4.69) is 4.98 Å². The molecule has 1 heterocycles. The van der Waals surface area contributed by atoms with Gasteiger partial charge in [0.15, 0.2) is 0 Å². The summed E-state index contributed by atoms with van der Waals surface area (Å²) in [7, 11) is 1.67. The maximum Gasteiger partial charge on any atom is 0.129 e. The van der Waals surface area contributed by atoms with Gasteiger partial charge in [-0.25, -0.2) is 0 Å². The molecule has 0 atom stereocenters. The number of nitrogens with one attached hydrogen (secondary N) is 1. The first-order valence-electron chi connectivity index (χ1n) is 5.84. The summed E-state index contributed by atoms with van der Waals surface area (Å²) in [6, 6.07) is 6.00. The number of aromatic amines is 1. The molecule has 0 fully saturated rings. The number of fused-ring (bicyclic) bond motifs is 1. The van der Waals surface area contributed by atoms with E-state index in [0.29, 0.717) is 6.42 Å². The van der Waals surface area contributed by atoms with E-state index in [-0.39, 0.29) is 5.78 Å². The van der Waals surface area contributed by atoms with Crippen molar-refractivity contribution < 1.29 is 9.53 Å². The summed E-state index contributed by atoms with van der Waals surface area (Å²) in [5, 5.41) is 1.19. The fourth-order valence-electron chi connectivity index (χ4n) is 2.02. The summed E-state index contributed by atoms with van der Waals surface area (Å²) in [5.41, 5.74) is 2.36. The topological polar surface area (TPSA) is 42.1 Å². The Morgan fingerprint density at radius 2 is 2.24 bits per heavy atom. The number of aryl methyl sites for hydroxylation is 1. The highest BCUT2D eigenvalue weighted by atomic mass is 16.5. The molecule has 0 radical (unpaired) electrons.